The van der Waals surface area contributed by atoms with Gasteiger partial charge in [-0.1, -0.05) is 32.9 Å². The van der Waals surface area contributed by atoms with E-state index in [1.165, 1.54) is 22.3 Å². The van der Waals surface area contributed by atoms with E-state index in [2.05, 4.69) is 50.4 Å². The van der Waals surface area contributed by atoms with Crippen molar-refractivity contribution in [2.45, 2.75) is 45.6 Å². The molecule has 0 amide bonds. The first-order valence-corrected chi connectivity index (χ1v) is 9.65. The molecule has 1 aliphatic rings. The Hall–Kier alpha value is -2.20. The summed E-state index contributed by atoms with van der Waals surface area (Å²) >= 11 is 0. The molecule has 0 aliphatic carbocycles. The molecule has 27 heavy (non-hydrogen) atoms. The molecule has 0 radical (unpaired) electrons. The minimum absolute atomic E-state index is 0.00917. The third kappa shape index (κ3) is 3.77. The summed E-state index contributed by atoms with van der Waals surface area (Å²) in [6, 6.07) is 10.8. The molecular formula is C23H31NO3. The van der Waals surface area contributed by atoms with Crippen molar-refractivity contribution in [3.05, 3.63) is 52.6 Å². The van der Waals surface area contributed by atoms with E-state index < -0.39 is 0 Å². The number of hydrogen-bond donors (Lipinski definition) is 1. The number of rotatable bonds is 5. The van der Waals surface area contributed by atoms with E-state index in [-0.39, 0.29) is 11.5 Å². The summed E-state index contributed by atoms with van der Waals surface area (Å²) in [5, 5.41) is 3.68. The van der Waals surface area contributed by atoms with Gasteiger partial charge in [-0.05, 0) is 53.6 Å². The van der Waals surface area contributed by atoms with E-state index in [9.17, 15) is 0 Å². The monoisotopic (exact) mass is 369 g/mol. The van der Waals surface area contributed by atoms with Gasteiger partial charge in [0.2, 0.25) is 0 Å². The minimum atomic E-state index is 0.00917. The van der Waals surface area contributed by atoms with Crippen molar-refractivity contribution in [3.8, 4) is 17.2 Å². The van der Waals surface area contributed by atoms with Gasteiger partial charge in [-0.2, -0.15) is 0 Å². The van der Waals surface area contributed by atoms with Gasteiger partial charge in [0, 0.05) is 12.1 Å². The Kier molecular flexibility index (Phi) is 5.66. The Bertz CT molecular complexity index is 808. The number of fused-ring (bicyclic) bond motifs is 1. The fraction of sp³-hybridized carbons (Fsp3) is 0.478. The molecule has 0 spiro atoms. The maximum Gasteiger partial charge on any atom is 0.164 e. The summed E-state index contributed by atoms with van der Waals surface area (Å²) in [7, 11) is 3.43. The first-order chi connectivity index (χ1) is 12.9. The molecule has 1 unspecified atom stereocenters. The van der Waals surface area contributed by atoms with Gasteiger partial charge in [0.1, 0.15) is 5.75 Å². The molecule has 0 fully saturated rings. The summed E-state index contributed by atoms with van der Waals surface area (Å²) in [6.07, 6.45) is 0.931. The Labute approximate surface area is 162 Å². The fourth-order valence-corrected chi connectivity index (χ4v) is 3.85. The van der Waals surface area contributed by atoms with Crippen LogP contribution in [0.2, 0.25) is 0 Å². The quantitative estimate of drug-likeness (QED) is 0.834. The van der Waals surface area contributed by atoms with Gasteiger partial charge in [-0.3, -0.25) is 0 Å². The molecule has 0 saturated heterocycles. The van der Waals surface area contributed by atoms with Gasteiger partial charge in [0.15, 0.2) is 11.5 Å². The first kappa shape index (κ1) is 19.6. The van der Waals surface area contributed by atoms with Gasteiger partial charge >= 0.3 is 0 Å². The molecule has 2 aromatic carbocycles. The van der Waals surface area contributed by atoms with Crippen molar-refractivity contribution in [2.24, 2.45) is 0 Å². The zero-order valence-corrected chi connectivity index (χ0v) is 17.3. The Morgan fingerprint density at radius 1 is 1.04 bits per heavy atom. The average molecular weight is 370 g/mol. The highest BCUT2D eigenvalue weighted by molar-refractivity contribution is 5.55. The highest BCUT2D eigenvalue weighted by Gasteiger charge is 2.28. The van der Waals surface area contributed by atoms with Crippen molar-refractivity contribution in [3.63, 3.8) is 0 Å². The predicted octanol–water partition coefficient (Wildman–Crippen LogP) is 4.64. The van der Waals surface area contributed by atoms with E-state index in [4.69, 9.17) is 14.2 Å². The molecule has 1 N–H and O–H groups in total. The first-order valence-electron chi connectivity index (χ1n) is 9.65. The lowest BCUT2D eigenvalue weighted by atomic mass is 9.82. The van der Waals surface area contributed by atoms with Crippen LogP contribution in [-0.4, -0.2) is 27.4 Å². The second-order valence-corrected chi connectivity index (χ2v) is 7.94. The molecule has 3 rings (SSSR count). The molecule has 4 nitrogen and oxygen atoms in total. The molecule has 1 atom stereocenters. The SMILES string of the molecule is CCOc1c(OC)ccc2c1CCNC2c1ccc(OC)c(C(C)(C)C)c1. The van der Waals surface area contributed by atoms with Crippen LogP contribution in [0.5, 0.6) is 17.2 Å². The minimum Gasteiger partial charge on any atom is -0.496 e. The summed E-state index contributed by atoms with van der Waals surface area (Å²) in [5.74, 6) is 2.63. The highest BCUT2D eigenvalue weighted by Crippen LogP contribution is 2.41. The molecule has 4 heteroatoms. The number of hydrogen-bond acceptors (Lipinski definition) is 4. The van der Waals surface area contributed by atoms with Crippen LogP contribution in [0.3, 0.4) is 0 Å². The van der Waals surface area contributed by atoms with E-state index in [0.717, 1.165) is 30.2 Å². The normalized spacial score (nSPS) is 16.6. The van der Waals surface area contributed by atoms with Gasteiger partial charge in [0.05, 0.1) is 26.9 Å². The summed E-state index contributed by atoms with van der Waals surface area (Å²) in [4.78, 5) is 0. The molecule has 0 bridgehead atoms. The van der Waals surface area contributed by atoms with Crippen molar-refractivity contribution in [1.29, 1.82) is 0 Å². The second-order valence-electron chi connectivity index (χ2n) is 7.94. The predicted molar refractivity (Wildman–Crippen MR) is 109 cm³/mol. The molecule has 2 aromatic rings. The largest absolute Gasteiger partial charge is 0.496 e. The molecule has 1 heterocycles. The average Bonchev–Trinajstić information content (AvgIpc) is 2.66. The third-order valence-corrected chi connectivity index (χ3v) is 5.17. The zero-order valence-electron chi connectivity index (χ0n) is 17.3. The van der Waals surface area contributed by atoms with Crippen LogP contribution in [-0.2, 0) is 11.8 Å². The lowest BCUT2D eigenvalue weighted by molar-refractivity contribution is 0.305. The van der Waals surface area contributed by atoms with Crippen LogP contribution >= 0.6 is 0 Å². The smallest absolute Gasteiger partial charge is 0.164 e. The summed E-state index contributed by atoms with van der Waals surface area (Å²) in [5.41, 5.74) is 4.97. The van der Waals surface area contributed by atoms with E-state index >= 15 is 0 Å². The standard InChI is InChI=1S/C23H31NO3/c1-7-27-22-17-12-13-24-21(16(17)9-11-20(22)26-6)15-8-10-19(25-5)18(14-15)23(2,3)4/h8-11,14,21,24H,7,12-13H2,1-6H3. The van der Waals surface area contributed by atoms with E-state index in [0.29, 0.717) is 6.61 Å². The van der Waals surface area contributed by atoms with Crippen molar-refractivity contribution < 1.29 is 14.2 Å². The molecule has 1 aliphatic heterocycles. The van der Waals surface area contributed by atoms with Crippen LogP contribution in [0.25, 0.3) is 0 Å². The Morgan fingerprint density at radius 3 is 2.37 bits per heavy atom. The third-order valence-electron chi connectivity index (χ3n) is 5.17. The van der Waals surface area contributed by atoms with Crippen molar-refractivity contribution in [2.75, 3.05) is 27.4 Å². The van der Waals surface area contributed by atoms with Crippen molar-refractivity contribution in [1.82, 2.24) is 5.32 Å². The fourth-order valence-electron chi connectivity index (χ4n) is 3.85. The maximum atomic E-state index is 5.95. The zero-order chi connectivity index (χ0) is 19.6. The molecular weight excluding hydrogens is 338 g/mol. The lowest BCUT2D eigenvalue weighted by Crippen LogP contribution is -2.31. The Balaban J connectivity index is 2.10. The van der Waals surface area contributed by atoms with Gasteiger partial charge < -0.3 is 19.5 Å². The second kappa shape index (κ2) is 7.81. The lowest BCUT2D eigenvalue weighted by Gasteiger charge is -2.31. The number of methoxy groups -OCH3 is 2. The molecule has 0 aromatic heterocycles. The number of nitrogens with one attached hydrogen (secondary N) is 1. The van der Waals surface area contributed by atoms with Crippen LogP contribution in [0, 0.1) is 0 Å². The Morgan fingerprint density at radius 2 is 1.74 bits per heavy atom. The summed E-state index contributed by atoms with van der Waals surface area (Å²) < 4.78 is 17.1. The maximum absolute atomic E-state index is 5.95. The van der Waals surface area contributed by atoms with E-state index in [1.807, 2.05) is 13.0 Å². The summed E-state index contributed by atoms with van der Waals surface area (Å²) in [6.45, 7) is 10.2. The van der Waals surface area contributed by atoms with Gasteiger partial charge in [-0.15, -0.1) is 0 Å². The molecule has 0 saturated carbocycles. The van der Waals surface area contributed by atoms with Gasteiger partial charge in [-0.25, -0.2) is 0 Å². The highest BCUT2D eigenvalue weighted by atomic mass is 16.5. The number of benzene rings is 2. The number of ether oxygens (including phenoxy) is 3. The van der Waals surface area contributed by atoms with Crippen LogP contribution in [0.15, 0.2) is 30.3 Å². The van der Waals surface area contributed by atoms with Crippen LogP contribution in [0.4, 0.5) is 0 Å². The topological polar surface area (TPSA) is 39.7 Å². The van der Waals surface area contributed by atoms with Gasteiger partial charge in [0.25, 0.3) is 0 Å². The van der Waals surface area contributed by atoms with E-state index in [1.54, 1.807) is 14.2 Å². The van der Waals surface area contributed by atoms with Crippen LogP contribution < -0.4 is 19.5 Å². The van der Waals surface area contributed by atoms with Crippen molar-refractivity contribution >= 4 is 0 Å². The molecule has 146 valence electrons. The van der Waals surface area contributed by atoms with Crippen LogP contribution in [0.1, 0.15) is 56.0 Å².